The summed E-state index contributed by atoms with van der Waals surface area (Å²) >= 11 is 0. The van der Waals surface area contributed by atoms with Crippen molar-refractivity contribution in [2.45, 2.75) is 32.3 Å². The molecular formula is C13H24N4O2. The van der Waals surface area contributed by atoms with E-state index in [9.17, 15) is 9.90 Å². The molecule has 0 spiro atoms. The van der Waals surface area contributed by atoms with Crippen molar-refractivity contribution in [3.05, 3.63) is 0 Å². The average molecular weight is 268 g/mol. The van der Waals surface area contributed by atoms with Gasteiger partial charge in [-0.3, -0.25) is 9.79 Å². The lowest BCUT2D eigenvalue weighted by Gasteiger charge is -2.20. The van der Waals surface area contributed by atoms with Crippen LogP contribution in [0.5, 0.6) is 0 Å². The van der Waals surface area contributed by atoms with Crippen LogP contribution in [0.3, 0.4) is 0 Å². The summed E-state index contributed by atoms with van der Waals surface area (Å²) in [5.74, 6) is 1.25. The normalized spacial score (nSPS) is 23.6. The smallest absolute Gasteiger partial charge is 0.223 e. The van der Waals surface area contributed by atoms with Gasteiger partial charge < -0.3 is 20.6 Å². The molecule has 1 amide bonds. The monoisotopic (exact) mass is 268 g/mol. The minimum atomic E-state index is -0.251. The molecule has 2 aliphatic rings. The molecule has 0 aromatic heterocycles. The third kappa shape index (κ3) is 4.38. The van der Waals surface area contributed by atoms with Gasteiger partial charge in [-0.15, -0.1) is 0 Å². The van der Waals surface area contributed by atoms with Gasteiger partial charge in [0.25, 0.3) is 0 Å². The van der Waals surface area contributed by atoms with Crippen molar-refractivity contribution in [1.82, 2.24) is 15.5 Å². The molecule has 0 radical (unpaired) electrons. The Balaban J connectivity index is 1.73. The molecule has 1 atom stereocenters. The number of hydrogen-bond acceptors (Lipinski definition) is 3. The van der Waals surface area contributed by atoms with Crippen LogP contribution < -0.4 is 10.6 Å². The molecule has 3 N–H and O–H groups in total. The minimum Gasteiger partial charge on any atom is -0.391 e. The lowest BCUT2D eigenvalue weighted by Crippen LogP contribution is -2.41. The largest absolute Gasteiger partial charge is 0.391 e. The number of aliphatic hydroxyl groups excluding tert-OH is 1. The first-order chi connectivity index (χ1) is 9.20. The van der Waals surface area contributed by atoms with E-state index in [1.165, 1.54) is 0 Å². The predicted molar refractivity (Wildman–Crippen MR) is 73.9 cm³/mol. The van der Waals surface area contributed by atoms with Crippen LogP contribution in [-0.2, 0) is 4.79 Å². The summed E-state index contributed by atoms with van der Waals surface area (Å²) in [6.45, 7) is 5.46. The van der Waals surface area contributed by atoms with E-state index in [1.807, 2.05) is 6.92 Å². The molecule has 108 valence electrons. The second-order valence-electron chi connectivity index (χ2n) is 5.19. The number of carbonyl (C=O) groups excluding carboxylic acids is 1. The zero-order chi connectivity index (χ0) is 13.7. The molecule has 1 aliphatic heterocycles. The van der Waals surface area contributed by atoms with Gasteiger partial charge in [-0.25, -0.2) is 0 Å². The molecule has 1 saturated heterocycles. The van der Waals surface area contributed by atoms with Gasteiger partial charge >= 0.3 is 0 Å². The summed E-state index contributed by atoms with van der Waals surface area (Å²) in [6.07, 6.45) is 2.61. The maximum Gasteiger partial charge on any atom is 0.223 e. The van der Waals surface area contributed by atoms with Crippen molar-refractivity contribution >= 4 is 11.9 Å². The van der Waals surface area contributed by atoms with Gasteiger partial charge in [-0.1, -0.05) is 0 Å². The third-order valence-electron chi connectivity index (χ3n) is 3.42. The SMILES string of the molecule is CCNC(=NCCNC(=O)C1CC1)N1CC[C@@H](O)C1. The number of β-amino-alcohol motifs (C(OH)–C–C–N with tert-alkyl or cyclic N) is 1. The van der Waals surface area contributed by atoms with Crippen molar-refractivity contribution in [3.63, 3.8) is 0 Å². The van der Waals surface area contributed by atoms with E-state index in [0.29, 0.717) is 19.6 Å². The second kappa shape index (κ2) is 6.75. The highest BCUT2D eigenvalue weighted by molar-refractivity contribution is 5.81. The second-order valence-corrected chi connectivity index (χ2v) is 5.19. The molecular weight excluding hydrogens is 244 g/mol. The lowest BCUT2D eigenvalue weighted by atomic mass is 10.3. The van der Waals surface area contributed by atoms with Gasteiger partial charge in [0.15, 0.2) is 5.96 Å². The first-order valence-electron chi connectivity index (χ1n) is 7.19. The Morgan fingerprint density at radius 1 is 1.37 bits per heavy atom. The summed E-state index contributed by atoms with van der Waals surface area (Å²) in [4.78, 5) is 18.0. The van der Waals surface area contributed by atoms with E-state index in [-0.39, 0.29) is 17.9 Å². The number of aliphatic imine (C=N–C) groups is 1. The highest BCUT2D eigenvalue weighted by Crippen LogP contribution is 2.28. The van der Waals surface area contributed by atoms with E-state index < -0.39 is 0 Å². The van der Waals surface area contributed by atoms with E-state index in [2.05, 4.69) is 20.5 Å². The molecule has 2 fully saturated rings. The number of aliphatic hydroxyl groups is 1. The Kier molecular flexibility index (Phi) is 5.01. The zero-order valence-electron chi connectivity index (χ0n) is 11.6. The lowest BCUT2D eigenvalue weighted by molar-refractivity contribution is -0.122. The van der Waals surface area contributed by atoms with Crippen molar-refractivity contribution in [1.29, 1.82) is 0 Å². The van der Waals surface area contributed by atoms with Gasteiger partial charge in [-0.2, -0.15) is 0 Å². The van der Waals surface area contributed by atoms with Crippen LogP contribution in [-0.4, -0.2) is 60.7 Å². The number of nitrogens with zero attached hydrogens (tertiary/aromatic N) is 2. The van der Waals surface area contributed by atoms with Gasteiger partial charge in [0, 0.05) is 32.1 Å². The summed E-state index contributed by atoms with van der Waals surface area (Å²) in [6, 6.07) is 0. The van der Waals surface area contributed by atoms with Crippen molar-refractivity contribution in [3.8, 4) is 0 Å². The number of hydrogen-bond donors (Lipinski definition) is 3. The minimum absolute atomic E-state index is 0.164. The van der Waals surface area contributed by atoms with Crippen LogP contribution in [0.25, 0.3) is 0 Å². The fraction of sp³-hybridized carbons (Fsp3) is 0.846. The standard InChI is InChI=1S/C13H24N4O2/c1-2-14-13(17-8-5-11(18)9-17)16-7-6-15-12(19)10-3-4-10/h10-11,18H,2-9H2,1H3,(H,14,16)(H,15,19)/t11-/m1/s1. The van der Waals surface area contributed by atoms with Crippen LogP contribution in [0.4, 0.5) is 0 Å². The number of carbonyl (C=O) groups is 1. The topological polar surface area (TPSA) is 77.0 Å². The molecule has 0 aromatic rings. The van der Waals surface area contributed by atoms with Gasteiger partial charge in [0.2, 0.25) is 5.91 Å². The summed E-state index contributed by atoms with van der Waals surface area (Å²) in [7, 11) is 0. The van der Waals surface area contributed by atoms with Gasteiger partial charge in [0.1, 0.15) is 0 Å². The van der Waals surface area contributed by atoms with Crippen molar-refractivity contribution < 1.29 is 9.90 Å². The fourth-order valence-electron chi connectivity index (χ4n) is 2.19. The highest BCUT2D eigenvalue weighted by Gasteiger charge is 2.29. The molecule has 1 aliphatic carbocycles. The van der Waals surface area contributed by atoms with Crippen LogP contribution in [0, 0.1) is 5.92 Å². The molecule has 0 bridgehead atoms. The van der Waals surface area contributed by atoms with Crippen LogP contribution in [0.15, 0.2) is 4.99 Å². The van der Waals surface area contributed by atoms with Crippen molar-refractivity contribution in [2.75, 3.05) is 32.7 Å². The van der Waals surface area contributed by atoms with Gasteiger partial charge in [0.05, 0.1) is 12.6 Å². The summed E-state index contributed by atoms with van der Waals surface area (Å²) in [5, 5.41) is 15.7. The maximum atomic E-state index is 11.5. The maximum absolute atomic E-state index is 11.5. The summed E-state index contributed by atoms with van der Waals surface area (Å²) in [5.41, 5.74) is 0. The predicted octanol–water partition coefficient (Wildman–Crippen LogP) is -0.455. The molecule has 1 saturated carbocycles. The van der Waals surface area contributed by atoms with Crippen molar-refractivity contribution in [2.24, 2.45) is 10.9 Å². The quantitative estimate of drug-likeness (QED) is 0.358. The van der Waals surface area contributed by atoms with Crippen LogP contribution >= 0.6 is 0 Å². The first kappa shape index (κ1) is 14.1. The molecule has 2 rings (SSSR count). The Hall–Kier alpha value is -1.30. The fourth-order valence-corrected chi connectivity index (χ4v) is 2.19. The van der Waals surface area contributed by atoms with E-state index in [4.69, 9.17) is 0 Å². The Morgan fingerprint density at radius 3 is 2.74 bits per heavy atom. The van der Waals surface area contributed by atoms with Crippen LogP contribution in [0.1, 0.15) is 26.2 Å². The molecule has 6 nitrogen and oxygen atoms in total. The molecule has 1 heterocycles. The molecule has 6 heteroatoms. The molecule has 0 unspecified atom stereocenters. The third-order valence-corrected chi connectivity index (χ3v) is 3.42. The Morgan fingerprint density at radius 2 is 2.16 bits per heavy atom. The first-order valence-corrected chi connectivity index (χ1v) is 7.19. The number of likely N-dealkylation sites (tertiary alicyclic amines) is 1. The number of rotatable bonds is 5. The Bertz CT molecular complexity index is 342. The Labute approximate surface area is 114 Å². The van der Waals surface area contributed by atoms with Gasteiger partial charge in [-0.05, 0) is 26.2 Å². The number of guanidine groups is 1. The van der Waals surface area contributed by atoms with Crippen LogP contribution in [0.2, 0.25) is 0 Å². The zero-order valence-corrected chi connectivity index (χ0v) is 11.6. The summed E-state index contributed by atoms with van der Waals surface area (Å²) < 4.78 is 0. The number of nitrogens with one attached hydrogen (secondary N) is 2. The van der Waals surface area contributed by atoms with E-state index in [1.54, 1.807) is 0 Å². The number of amides is 1. The van der Waals surface area contributed by atoms with E-state index >= 15 is 0 Å². The average Bonchev–Trinajstić information content (AvgIpc) is 3.16. The van der Waals surface area contributed by atoms with E-state index in [0.717, 1.165) is 38.3 Å². The molecule has 19 heavy (non-hydrogen) atoms. The molecule has 0 aromatic carbocycles. The highest BCUT2D eigenvalue weighted by atomic mass is 16.3.